The van der Waals surface area contributed by atoms with Gasteiger partial charge in [0.15, 0.2) is 0 Å². The van der Waals surface area contributed by atoms with Gasteiger partial charge in [-0.3, -0.25) is 10.1 Å². The van der Waals surface area contributed by atoms with Crippen molar-refractivity contribution in [2.45, 2.75) is 53.6 Å². The van der Waals surface area contributed by atoms with Gasteiger partial charge < -0.3 is 9.47 Å². The molecule has 6 heteroatoms. The lowest BCUT2D eigenvalue weighted by atomic mass is 9.87. The Kier molecular flexibility index (Phi) is 6.28. The summed E-state index contributed by atoms with van der Waals surface area (Å²) in [5.41, 5.74) is -0.0490. The summed E-state index contributed by atoms with van der Waals surface area (Å²) >= 11 is 6.16. The number of Topliss-reactive ketones (excluding diaryl/α,β-unsaturated/α-hetero) is 1. The summed E-state index contributed by atoms with van der Waals surface area (Å²) in [6.45, 7) is 10.9. The molecule has 0 fully saturated rings. The fourth-order valence-corrected chi connectivity index (χ4v) is 2.13. The molecular formula is C18H26ClNO4. The number of hydrogen-bond acceptors (Lipinski definition) is 4. The van der Waals surface area contributed by atoms with E-state index in [1.807, 2.05) is 20.8 Å². The standard InChI is InChI=1S/C18H26ClNO4/c1-17(2,3)15(21)9-11-8-12(19)14(23-7)10-13(11)20-16(22)24-18(4,5)6/h8,10H,9H2,1-7H3,(H,20,22). The van der Waals surface area contributed by atoms with Gasteiger partial charge in [-0.15, -0.1) is 0 Å². The minimum Gasteiger partial charge on any atom is -0.495 e. The number of halogens is 1. The topological polar surface area (TPSA) is 64.6 Å². The Bertz CT molecular complexity index is 627. The molecule has 0 saturated heterocycles. The normalized spacial score (nSPS) is 11.8. The number of carbonyl (C=O) groups is 2. The van der Waals surface area contributed by atoms with Gasteiger partial charge in [0.25, 0.3) is 0 Å². The molecule has 0 bridgehead atoms. The second kappa shape index (κ2) is 7.43. The summed E-state index contributed by atoms with van der Waals surface area (Å²) in [7, 11) is 1.48. The Balaban J connectivity index is 3.15. The number of amides is 1. The van der Waals surface area contributed by atoms with Gasteiger partial charge in [-0.2, -0.15) is 0 Å². The molecule has 0 spiro atoms. The number of carbonyl (C=O) groups excluding carboxylic acids is 2. The molecule has 0 aromatic heterocycles. The highest BCUT2D eigenvalue weighted by Gasteiger charge is 2.24. The van der Waals surface area contributed by atoms with Crippen LogP contribution in [0.25, 0.3) is 0 Å². The van der Waals surface area contributed by atoms with Crippen LogP contribution in [0.15, 0.2) is 12.1 Å². The van der Waals surface area contributed by atoms with Gasteiger partial charge in [0, 0.05) is 17.9 Å². The Hall–Kier alpha value is -1.75. The minimum absolute atomic E-state index is 0.0379. The van der Waals surface area contributed by atoms with Crippen molar-refractivity contribution in [2.75, 3.05) is 12.4 Å². The van der Waals surface area contributed by atoms with E-state index in [-0.39, 0.29) is 12.2 Å². The van der Waals surface area contributed by atoms with Crippen LogP contribution in [-0.4, -0.2) is 24.6 Å². The summed E-state index contributed by atoms with van der Waals surface area (Å²) in [5.74, 6) is 0.450. The van der Waals surface area contributed by atoms with E-state index < -0.39 is 17.1 Å². The van der Waals surface area contributed by atoms with Gasteiger partial charge in [-0.05, 0) is 32.4 Å². The number of benzene rings is 1. The highest BCUT2D eigenvalue weighted by Crippen LogP contribution is 2.33. The number of nitrogens with one attached hydrogen (secondary N) is 1. The molecule has 5 nitrogen and oxygen atoms in total. The largest absolute Gasteiger partial charge is 0.495 e. The Morgan fingerprint density at radius 1 is 1.12 bits per heavy atom. The smallest absolute Gasteiger partial charge is 0.412 e. The predicted octanol–water partition coefficient (Wildman–Crippen LogP) is 4.85. The van der Waals surface area contributed by atoms with Crippen molar-refractivity contribution in [3.8, 4) is 5.75 Å². The van der Waals surface area contributed by atoms with Crippen molar-refractivity contribution in [1.29, 1.82) is 0 Å². The zero-order chi connectivity index (χ0) is 18.7. The van der Waals surface area contributed by atoms with Gasteiger partial charge >= 0.3 is 6.09 Å². The fourth-order valence-electron chi connectivity index (χ4n) is 1.87. The Morgan fingerprint density at radius 3 is 2.17 bits per heavy atom. The van der Waals surface area contributed by atoms with Gasteiger partial charge in [-0.25, -0.2) is 4.79 Å². The lowest BCUT2D eigenvalue weighted by Crippen LogP contribution is -2.28. The third-order valence-corrected chi connectivity index (χ3v) is 3.50. The van der Waals surface area contributed by atoms with E-state index >= 15 is 0 Å². The first-order chi connectivity index (χ1) is 10.8. The minimum atomic E-state index is -0.623. The van der Waals surface area contributed by atoms with Gasteiger partial charge in [0.05, 0.1) is 17.8 Å². The van der Waals surface area contributed by atoms with E-state index in [1.54, 1.807) is 32.9 Å². The monoisotopic (exact) mass is 355 g/mol. The van der Waals surface area contributed by atoms with Gasteiger partial charge in [0.2, 0.25) is 0 Å². The summed E-state index contributed by atoms with van der Waals surface area (Å²) in [5, 5.41) is 3.05. The molecule has 0 aliphatic rings. The van der Waals surface area contributed by atoms with Crippen LogP contribution >= 0.6 is 11.6 Å². The maximum absolute atomic E-state index is 12.3. The average molecular weight is 356 g/mol. The van der Waals surface area contributed by atoms with E-state index in [4.69, 9.17) is 21.1 Å². The lowest BCUT2D eigenvalue weighted by Gasteiger charge is -2.22. The van der Waals surface area contributed by atoms with Crippen molar-refractivity contribution < 1.29 is 19.1 Å². The number of rotatable bonds is 4. The second-order valence-corrected chi connectivity index (χ2v) is 8.03. The molecule has 0 atom stereocenters. The number of ether oxygens (including phenoxy) is 2. The zero-order valence-electron chi connectivity index (χ0n) is 15.4. The molecule has 1 aromatic rings. The summed E-state index contributed by atoms with van der Waals surface area (Å²) in [4.78, 5) is 24.4. The quantitative estimate of drug-likeness (QED) is 0.838. The molecule has 1 amide bonds. The molecule has 134 valence electrons. The van der Waals surface area contributed by atoms with Crippen LogP contribution in [0.2, 0.25) is 5.02 Å². The molecule has 0 aliphatic heterocycles. The number of ketones is 1. The summed E-state index contributed by atoms with van der Waals surface area (Å²) in [6, 6.07) is 3.23. The predicted molar refractivity (Wildman–Crippen MR) is 96.0 cm³/mol. The van der Waals surface area contributed by atoms with Gasteiger partial charge in [0.1, 0.15) is 17.1 Å². The molecule has 0 aliphatic carbocycles. The van der Waals surface area contributed by atoms with E-state index in [2.05, 4.69) is 5.32 Å². The summed E-state index contributed by atoms with van der Waals surface area (Å²) in [6.07, 6.45) is -0.449. The third-order valence-electron chi connectivity index (χ3n) is 3.20. The van der Waals surface area contributed by atoms with E-state index in [0.29, 0.717) is 22.0 Å². The van der Waals surface area contributed by atoms with E-state index in [1.165, 1.54) is 7.11 Å². The Labute approximate surface area is 148 Å². The first-order valence-electron chi connectivity index (χ1n) is 7.73. The average Bonchev–Trinajstić information content (AvgIpc) is 2.38. The molecule has 0 radical (unpaired) electrons. The van der Waals surface area contributed by atoms with Crippen molar-refractivity contribution in [3.63, 3.8) is 0 Å². The number of hydrogen-bond donors (Lipinski definition) is 1. The van der Waals surface area contributed by atoms with E-state index in [9.17, 15) is 9.59 Å². The lowest BCUT2D eigenvalue weighted by molar-refractivity contribution is -0.125. The van der Waals surface area contributed by atoms with E-state index in [0.717, 1.165) is 0 Å². The highest BCUT2D eigenvalue weighted by atomic mass is 35.5. The molecule has 0 saturated carbocycles. The molecule has 0 heterocycles. The first kappa shape index (κ1) is 20.3. The van der Waals surface area contributed by atoms with Crippen LogP contribution in [0.4, 0.5) is 10.5 Å². The Morgan fingerprint density at radius 2 is 1.71 bits per heavy atom. The molecule has 1 N–H and O–H groups in total. The zero-order valence-corrected chi connectivity index (χ0v) is 16.1. The van der Waals surface area contributed by atoms with Gasteiger partial charge in [-0.1, -0.05) is 32.4 Å². The SMILES string of the molecule is COc1cc(NC(=O)OC(C)(C)C)c(CC(=O)C(C)(C)C)cc1Cl. The first-order valence-corrected chi connectivity index (χ1v) is 8.11. The maximum Gasteiger partial charge on any atom is 0.412 e. The van der Waals surface area contributed by atoms with Crippen molar-refractivity contribution in [3.05, 3.63) is 22.7 Å². The van der Waals surface area contributed by atoms with Crippen LogP contribution in [0.1, 0.15) is 47.1 Å². The molecule has 1 rings (SSSR count). The van der Waals surface area contributed by atoms with Crippen LogP contribution < -0.4 is 10.1 Å². The third kappa shape index (κ3) is 6.04. The van der Waals surface area contributed by atoms with Crippen molar-refractivity contribution >= 4 is 29.2 Å². The van der Waals surface area contributed by atoms with Crippen molar-refractivity contribution in [1.82, 2.24) is 0 Å². The van der Waals surface area contributed by atoms with Crippen molar-refractivity contribution in [2.24, 2.45) is 5.41 Å². The molecule has 0 unspecified atom stereocenters. The second-order valence-electron chi connectivity index (χ2n) is 7.62. The van der Waals surface area contributed by atoms with Crippen LogP contribution in [0, 0.1) is 5.41 Å². The molecule has 24 heavy (non-hydrogen) atoms. The number of methoxy groups -OCH3 is 1. The summed E-state index contributed by atoms with van der Waals surface area (Å²) < 4.78 is 10.5. The van der Waals surface area contributed by atoms with Crippen LogP contribution in [-0.2, 0) is 16.0 Å². The maximum atomic E-state index is 12.3. The van der Waals surface area contributed by atoms with Crippen LogP contribution in [0.3, 0.4) is 0 Å². The number of anilines is 1. The molecule has 1 aromatic carbocycles. The fraction of sp³-hybridized carbons (Fsp3) is 0.556. The highest BCUT2D eigenvalue weighted by molar-refractivity contribution is 6.32. The van der Waals surface area contributed by atoms with Crippen LogP contribution in [0.5, 0.6) is 5.75 Å². The molecular weight excluding hydrogens is 330 g/mol.